The van der Waals surface area contributed by atoms with Crippen LogP contribution in [0.4, 0.5) is 0 Å². The molecule has 0 saturated carbocycles. The first-order valence-corrected chi connectivity index (χ1v) is 8.84. The van der Waals surface area contributed by atoms with Gasteiger partial charge in [-0.3, -0.25) is 9.78 Å². The molecule has 10 heteroatoms. The third-order valence-corrected chi connectivity index (χ3v) is 5.64. The SMILES string of the molecule is CC1CCNCC1NS(=O)(=O)c1ccc2[nH]c(=O)[nH]c(=O)c2c1.Cl. The fourth-order valence-electron chi connectivity index (χ4n) is 2.73. The molecule has 24 heavy (non-hydrogen) atoms. The van der Waals surface area contributed by atoms with Gasteiger partial charge >= 0.3 is 5.69 Å². The van der Waals surface area contributed by atoms with E-state index in [9.17, 15) is 18.0 Å². The number of halogens is 1. The fourth-order valence-corrected chi connectivity index (χ4v) is 4.10. The largest absolute Gasteiger partial charge is 0.326 e. The topological polar surface area (TPSA) is 124 Å². The van der Waals surface area contributed by atoms with Crippen molar-refractivity contribution in [2.45, 2.75) is 24.3 Å². The summed E-state index contributed by atoms with van der Waals surface area (Å²) in [6.07, 6.45) is 0.895. The molecule has 2 atom stereocenters. The monoisotopic (exact) mass is 374 g/mol. The molecular weight excluding hydrogens is 356 g/mol. The standard InChI is InChI=1S/C14H18N4O4S.ClH/c1-8-4-5-15-7-12(8)18-23(21,22)9-2-3-11-10(6-9)13(19)17-14(20)16-11;/h2-3,6,8,12,15,18H,4-5,7H2,1H3,(H2,16,17,19,20);1H. The molecular formula is C14H19ClN4O4S. The maximum Gasteiger partial charge on any atom is 0.326 e. The molecule has 4 N–H and O–H groups in total. The number of piperidine rings is 1. The minimum absolute atomic E-state index is 0. The van der Waals surface area contributed by atoms with E-state index in [-0.39, 0.29) is 34.6 Å². The lowest BCUT2D eigenvalue weighted by Gasteiger charge is -2.29. The summed E-state index contributed by atoms with van der Waals surface area (Å²) in [6, 6.07) is 3.87. The Kier molecular flexibility index (Phi) is 5.49. The van der Waals surface area contributed by atoms with E-state index in [1.807, 2.05) is 6.92 Å². The smallest absolute Gasteiger partial charge is 0.315 e. The van der Waals surface area contributed by atoms with Crippen molar-refractivity contribution in [3.63, 3.8) is 0 Å². The molecule has 132 valence electrons. The Bertz CT molecular complexity index is 953. The van der Waals surface area contributed by atoms with Crippen LogP contribution in [0, 0.1) is 5.92 Å². The van der Waals surface area contributed by atoms with Gasteiger partial charge in [0.2, 0.25) is 10.0 Å². The molecule has 0 bridgehead atoms. The molecule has 2 unspecified atom stereocenters. The number of fused-ring (bicyclic) bond motifs is 1. The molecule has 2 heterocycles. The van der Waals surface area contributed by atoms with Gasteiger partial charge in [-0.25, -0.2) is 17.9 Å². The van der Waals surface area contributed by atoms with E-state index >= 15 is 0 Å². The zero-order valence-electron chi connectivity index (χ0n) is 13.0. The van der Waals surface area contributed by atoms with Crippen LogP contribution in [0.25, 0.3) is 10.9 Å². The minimum Gasteiger partial charge on any atom is -0.315 e. The predicted octanol–water partition coefficient (Wildman–Crippen LogP) is -0.0855. The minimum atomic E-state index is -3.75. The number of benzene rings is 1. The van der Waals surface area contributed by atoms with Crippen molar-refractivity contribution in [1.82, 2.24) is 20.0 Å². The highest BCUT2D eigenvalue weighted by Gasteiger charge is 2.26. The normalized spacial score (nSPS) is 21.4. The summed E-state index contributed by atoms with van der Waals surface area (Å²) in [5, 5.41) is 3.29. The number of aromatic amines is 2. The highest BCUT2D eigenvalue weighted by molar-refractivity contribution is 7.89. The summed E-state index contributed by atoms with van der Waals surface area (Å²) < 4.78 is 27.8. The maximum absolute atomic E-state index is 12.5. The average Bonchev–Trinajstić information content (AvgIpc) is 2.49. The zero-order valence-corrected chi connectivity index (χ0v) is 14.6. The molecule has 3 rings (SSSR count). The zero-order chi connectivity index (χ0) is 16.6. The molecule has 8 nitrogen and oxygen atoms in total. The third-order valence-electron chi connectivity index (χ3n) is 4.16. The highest BCUT2D eigenvalue weighted by atomic mass is 35.5. The lowest BCUT2D eigenvalue weighted by atomic mass is 9.96. The Labute approximate surface area is 144 Å². The Morgan fingerprint density at radius 3 is 2.67 bits per heavy atom. The van der Waals surface area contributed by atoms with Crippen molar-refractivity contribution in [3.05, 3.63) is 39.0 Å². The van der Waals surface area contributed by atoms with Gasteiger partial charge in [0.1, 0.15) is 0 Å². The van der Waals surface area contributed by atoms with Crippen LogP contribution in [-0.2, 0) is 10.0 Å². The van der Waals surface area contributed by atoms with Crippen LogP contribution in [0.2, 0.25) is 0 Å². The Morgan fingerprint density at radius 1 is 1.21 bits per heavy atom. The number of hydrogen-bond donors (Lipinski definition) is 4. The van der Waals surface area contributed by atoms with Crippen LogP contribution < -0.4 is 21.3 Å². The fraction of sp³-hybridized carbons (Fsp3) is 0.429. The van der Waals surface area contributed by atoms with Gasteiger partial charge in [-0.2, -0.15) is 0 Å². The summed E-state index contributed by atoms with van der Waals surface area (Å²) >= 11 is 0. The van der Waals surface area contributed by atoms with Gasteiger partial charge < -0.3 is 10.3 Å². The second-order valence-electron chi connectivity index (χ2n) is 5.81. The molecule has 1 saturated heterocycles. The first-order chi connectivity index (χ1) is 10.9. The molecule has 2 aromatic rings. The van der Waals surface area contributed by atoms with Crippen LogP contribution in [0.1, 0.15) is 13.3 Å². The number of H-pyrrole nitrogens is 2. The van der Waals surface area contributed by atoms with Gasteiger partial charge in [0.15, 0.2) is 0 Å². The number of hydrogen-bond acceptors (Lipinski definition) is 5. The summed E-state index contributed by atoms with van der Waals surface area (Å²) in [5.74, 6) is 0.228. The molecule has 1 aliphatic heterocycles. The number of nitrogens with one attached hydrogen (secondary N) is 4. The molecule has 1 aromatic carbocycles. The van der Waals surface area contributed by atoms with E-state index in [1.54, 1.807) is 0 Å². The Balaban J connectivity index is 0.00000208. The molecule has 0 aliphatic carbocycles. The lowest BCUT2D eigenvalue weighted by Crippen LogP contribution is -2.50. The number of sulfonamides is 1. The first kappa shape index (κ1) is 18.7. The quantitative estimate of drug-likeness (QED) is 0.598. The molecule has 0 spiro atoms. The van der Waals surface area contributed by atoms with Crippen molar-refractivity contribution in [1.29, 1.82) is 0 Å². The van der Waals surface area contributed by atoms with Gasteiger partial charge in [0.05, 0.1) is 15.8 Å². The van der Waals surface area contributed by atoms with Crippen LogP contribution >= 0.6 is 12.4 Å². The maximum atomic E-state index is 12.5. The van der Waals surface area contributed by atoms with E-state index in [1.165, 1.54) is 18.2 Å². The molecule has 1 aliphatic rings. The predicted molar refractivity (Wildman–Crippen MR) is 93.2 cm³/mol. The van der Waals surface area contributed by atoms with Crippen molar-refractivity contribution >= 4 is 33.3 Å². The van der Waals surface area contributed by atoms with E-state index in [0.717, 1.165) is 13.0 Å². The number of aromatic nitrogens is 2. The van der Waals surface area contributed by atoms with Crippen LogP contribution in [0.3, 0.4) is 0 Å². The van der Waals surface area contributed by atoms with Crippen molar-refractivity contribution in [3.8, 4) is 0 Å². The van der Waals surface area contributed by atoms with Crippen molar-refractivity contribution < 1.29 is 8.42 Å². The van der Waals surface area contributed by atoms with E-state index in [0.29, 0.717) is 12.1 Å². The van der Waals surface area contributed by atoms with Crippen LogP contribution in [0.5, 0.6) is 0 Å². The first-order valence-electron chi connectivity index (χ1n) is 7.36. The van der Waals surface area contributed by atoms with Gasteiger partial charge in [-0.05, 0) is 37.1 Å². The summed E-state index contributed by atoms with van der Waals surface area (Å²) in [5.41, 5.74) is -0.947. The summed E-state index contributed by atoms with van der Waals surface area (Å²) in [4.78, 5) is 27.6. The Hall–Kier alpha value is -1.68. The summed E-state index contributed by atoms with van der Waals surface area (Å²) in [6.45, 7) is 3.45. The Morgan fingerprint density at radius 2 is 1.96 bits per heavy atom. The van der Waals surface area contributed by atoms with E-state index < -0.39 is 21.3 Å². The van der Waals surface area contributed by atoms with Crippen LogP contribution in [-0.4, -0.2) is 37.5 Å². The molecule has 0 amide bonds. The van der Waals surface area contributed by atoms with E-state index in [2.05, 4.69) is 20.0 Å². The molecule has 1 aromatic heterocycles. The highest BCUT2D eigenvalue weighted by Crippen LogP contribution is 2.17. The van der Waals surface area contributed by atoms with Crippen molar-refractivity contribution in [2.75, 3.05) is 13.1 Å². The van der Waals surface area contributed by atoms with Gasteiger partial charge in [0, 0.05) is 12.6 Å². The lowest BCUT2D eigenvalue weighted by molar-refractivity contribution is 0.327. The van der Waals surface area contributed by atoms with Gasteiger partial charge in [0.25, 0.3) is 5.56 Å². The molecule has 1 fully saturated rings. The van der Waals surface area contributed by atoms with E-state index in [4.69, 9.17) is 0 Å². The second-order valence-corrected chi connectivity index (χ2v) is 7.53. The van der Waals surface area contributed by atoms with Crippen molar-refractivity contribution in [2.24, 2.45) is 5.92 Å². The number of rotatable bonds is 3. The van der Waals surface area contributed by atoms with Crippen LogP contribution in [0.15, 0.2) is 32.7 Å². The summed E-state index contributed by atoms with van der Waals surface area (Å²) in [7, 11) is -3.75. The second kappa shape index (κ2) is 7.06. The third kappa shape index (κ3) is 3.69. The van der Waals surface area contributed by atoms with Gasteiger partial charge in [-0.1, -0.05) is 6.92 Å². The molecule has 0 radical (unpaired) electrons. The van der Waals surface area contributed by atoms with Gasteiger partial charge in [-0.15, -0.1) is 12.4 Å². The average molecular weight is 375 g/mol.